The number of carbonyl (C=O) groups excluding carboxylic acids is 2. The van der Waals surface area contributed by atoms with Gasteiger partial charge in [0.05, 0.1) is 11.9 Å². The number of rotatable bonds is 4. The number of aromatic nitrogens is 2. The molecule has 1 aromatic heterocycles. The van der Waals surface area contributed by atoms with Crippen LogP contribution in [0.1, 0.15) is 28.4 Å². The maximum Gasteiger partial charge on any atom is 0.253 e. The normalized spacial score (nSPS) is 12.7. The summed E-state index contributed by atoms with van der Waals surface area (Å²) in [5.74, 6) is -0.0121. The van der Waals surface area contributed by atoms with E-state index in [0.29, 0.717) is 18.7 Å². The molecule has 6 nitrogen and oxygen atoms in total. The molecule has 1 aliphatic heterocycles. The first kappa shape index (κ1) is 18.0. The predicted molar refractivity (Wildman–Crippen MR) is 108 cm³/mol. The number of anilines is 1. The van der Waals surface area contributed by atoms with Crippen molar-refractivity contribution < 1.29 is 9.59 Å². The lowest BCUT2D eigenvalue weighted by molar-refractivity contribution is -0.116. The maximum absolute atomic E-state index is 12.9. The molecule has 3 aromatic rings. The van der Waals surface area contributed by atoms with Crippen LogP contribution in [0.25, 0.3) is 5.69 Å². The highest BCUT2D eigenvalue weighted by atomic mass is 16.2. The lowest BCUT2D eigenvalue weighted by atomic mass is 10.1. The number of fused-ring (bicyclic) bond motifs is 1. The standard InChI is InChI=1S/C22H22N4O2/c1-16(27)25-11-10-18-12-19(8-9-21(18)25)22(28)24(2)14-17-13-23-26(15-17)20-6-4-3-5-7-20/h3-9,12-13,15H,10-11,14H2,1-2H3. The van der Waals surface area contributed by atoms with Crippen LogP contribution in [0.4, 0.5) is 5.69 Å². The van der Waals surface area contributed by atoms with Crippen LogP contribution in [0, 0.1) is 0 Å². The Kier molecular flexibility index (Phi) is 4.69. The van der Waals surface area contributed by atoms with E-state index in [0.717, 1.165) is 28.9 Å². The summed E-state index contributed by atoms with van der Waals surface area (Å²) >= 11 is 0. The van der Waals surface area contributed by atoms with E-state index in [9.17, 15) is 9.59 Å². The van der Waals surface area contributed by atoms with E-state index in [-0.39, 0.29) is 11.8 Å². The van der Waals surface area contributed by atoms with E-state index < -0.39 is 0 Å². The Balaban J connectivity index is 1.47. The first-order valence-corrected chi connectivity index (χ1v) is 9.28. The SMILES string of the molecule is CC(=O)N1CCc2cc(C(=O)N(C)Cc3cnn(-c4ccccc4)c3)ccc21. The molecule has 0 fully saturated rings. The van der Waals surface area contributed by atoms with Crippen LogP contribution >= 0.6 is 0 Å². The number of para-hydroxylation sites is 1. The first-order valence-electron chi connectivity index (χ1n) is 9.28. The summed E-state index contributed by atoms with van der Waals surface area (Å²) in [5.41, 5.74) is 4.55. The number of hydrogen-bond acceptors (Lipinski definition) is 3. The molecule has 1 aliphatic rings. The average Bonchev–Trinajstić information content (AvgIpc) is 3.34. The van der Waals surface area contributed by atoms with E-state index in [1.165, 1.54) is 0 Å². The third kappa shape index (κ3) is 3.41. The Hall–Kier alpha value is -3.41. The summed E-state index contributed by atoms with van der Waals surface area (Å²) < 4.78 is 1.80. The van der Waals surface area contributed by atoms with Crippen LogP contribution < -0.4 is 4.90 Å². The Morgan fingerprint density at radius 1 is 1.14 bits per heavy atom. The van der Waals surface area contributed by atoms with Crippen LogP contribution in [0.3, 0.4) is 0 Å². The van der Waals surface area contributed by atoms with Gasteiger partial charge < -0.3 is 9.80 Å². The second kappa shape index (κ2) is 7.31. The van der Waals surface area contributed by atoms with Crippen molar-refractivity contribution in [3.05, 3.63) is 77.6 Å². The zero-order valence-electron chi connectivity index (χ0n) is 16.0. The molecule has 2 amide bonds. The molecule has 0 aliphatic carbocycles. The van der Waals surface area contributed by atoms with Crippen LogP contribution in [0.5, 0.6) is 0 Å². The summed E-state index contributed by atoms with van der Waals surface area (Å²) in [6.45, 7) is 2.72. The molecule has 0 atom stereocenters. The number of amides is 2. The van der Waals surface area contributed by atoms with E-state index in [1.807, 2.05) is 48.7 Å². The van der Waals surface area contributed by atoms with Gasteiger partial charge in [0, 0.05) is 50.1 Å². The fourth-order valence-corrected chi connectivity index (χ4v) is 3.59. The van der Waals surface area contributed by atoms with Gasteiger partial charge >= 0.3 is 0 Å². The van der Waals surface area contributed by atoms with Crippen LogP contribution in [-0.2, 0) is 17.8 Å². The third-order valence-corrected chi connectivity index (χ3v) is 5.03. The van der Waals surface area contributed by atoms with Gasteiger partial charge in [-0.3, -0.25) is 9.59 Å². The molecular weight excluding hydrogens is 352 g/mol. The van der Waals surface area contributed by atoms with E-state index in [4.69, 9.17) is 0 Å². The van der Waals surface area contributed by atoms with Crippen LogP contribution in [0.15, 0.2) is 60.9 Å². The molecule has 2 aromatic carbocycles. The highest BCUT2D eigenvalue weighted by Gasteiger charge is 2.24. The van der Waals surface area contributed by atoms with Crippen LogP contribution in [-0.4, -0.2) is 40.1 Å². The number of carbonyl (C=O) groups is 2. The summed E-state index contributed by atoms with van der Waals surface area (Å²) in [7, 11) is 1.79. The van der Waals surface area contributed by atoms with Crippen molar-refractivity contribution in [1.29, 1.82) is 0 Å². The predicted octanol–water partition coefficient (Wildman–Crippen LogP) is 3.05. The molecule has 0 N–H and O–H groups in total. The van der Waals surface area contributed by atoms with Crippen molar-refractivity contribution in [2.24, 2.45) is 0 Å². The highest BCUT2D eigenvalue weighted by Crippen LogP contribution is 2.29. The van der Waals surface area contributed by atoms with Gasteiger partial charge in [-0.05, 0) is 42.3 Å². The minimum atomic E-state index is -0.0449. The Morgan fingerprint density at radius 2 is 1.93 bits per heavy atom. The Labute approximate surface area is 164 Å². The molecule has 4 rings (SSSR count). The molecular formula is C22H22N4O2. The molecule has 0 saturated heterocycles. The first-order chi connectivity index (χ1) is 13.5. The van der Waals surface area contributed by atoms with Crippen molar-refractivity contribution in [2.45, 2.75) is 19.9 Å². The summed E-state index contributed by atoms with van der Waals surface area (Å²) in [4.78, 5) is 28.0. The van der Waals surface area contributed by atoms with Gasteiger partial charge in [-0.2, -0.15) is 5.10 Å². The molecule has 0 unspecified atom stereocenters. The lowest BCUT2D eigenvalue weighted by Gasteiger charge is -2.18. The molecule has 6 heteroatoms. The topological polar surface area (TPSA) is 58.4 Å². The van der Waals surface area contributed by atoms with Crippen molar-refractivity contribution in [3.63, 3.8) is 0 Å². The summed E-state index contributed by atoms with van der Waals surface area (Å²) in [5, 5.41) is 4.38. The zero-order chi connectivity index (χ0) is 19.7. The van der Waals surface area contributed by atoms with Crippen molar-refractivity contribution in [2.75, 3.05) is 18.5 Å². The monoisotopic (exact) mass is 374 g/mol. The Bertz CT molecular complexity index is 1030. The quantitative estimate of drug-likeness (QED) is 0.705. The molecule has 0 bridgehead atoms. The zero-order valence-corrected chi connectivity index (χ0v) is 16.0. The second-order valence-corrected chi connectivity index (χ2v) is 7.05. The van der Waals surface area contributed by atoms with E-state index >= 15 is 0 Å². The van der Waals surface area contributed by atoms with Crippen molar-refractivity contribution in [3.8, 4) is 5.69 Å². The fraction of sp³-hybridized carbons (Fsp3) is 0.227. The molecule has 0 spiro atoms. The summed E-state index contributed by atoms with van der Waals surface area (Å²) in [6, 6.07) is 15.4. The van der Waals surface area contributed by atoms with Gasteiger partial charge in [-0.25, -0.2) is 4.68 Å². The van der Waals surface area contributed by atoms with Crippen molar-refractivity contribution >= 4 is 17.5 Å². The van der Waals surface area contributed by atoms with Gasteiger partial charge in [-0.15, -0.1) is 0 Å². The van der Waals surface area contributed by atoms with Crippen LogP contribution in [0.2, 0.25) is 0 Å². The maximum atomic E-state index is 12.9. The lowest BCUT2D eigenvalue weighted by Crippen LogP contribution is -2.26. The summed E-state index contributed by atoms with van der Waals surface area (Å²) in [6.07, 6.45) is 4.50. The number of benzene rings is 2. The van der Waals surface area contributed by atoms with Gasteiger partial charge in [0.15, 0.2) is 0 Å². The van der Waals surface area contributed by atoms with Gasteiger partial charge in [0.2, 0.25) is 5.91 Å². The minimum Gasteiger partial charge on any atom is -0.337 e. The molecule has 142 valence electrons. The fourth-order valence-electron chi connectivity index (χ4n) is 3.59. The second-order valence-electron chi connectivity index (χ2n) is 7.05. The highest BCUT2D eigenvalue weighted by molar-refractivity contribution is 5.97. The molecule has 28 heavy (non-hydrogen) atoms. The van der Waals surface area contributed by atoms with E-state index in [1.54, 1.807) is 40.7 Å². The van der Waals surface area contributed by atoms with Crippen molar-refractivity contribution in [1.82, 2.24) is 14.7 Å². The molecule has 2 heterocycles. The van der Waals surface area contributed by atoms with Gasteiger partial charge in [0.1, 0.15) is 0 Å². The van der Waals surface area contributed by atoms with E-state index in [2.05, 4.69) is 5.10 Å². The smallest absolute Gasteiger partial charge is 0.253 e. The third-order valence-electron chi connectivity index (χ3n) is 5.03. The number of hydrogen-bond donors (Lipinski definition) is 0. The number of nitrogens with zero attached hydrogens (tertiary/aromatic N) is 4. The Morgan fingerprint density at radius 3 is 2.68 bits per heavy atom. The van der Waals surface area contributed by atoms with Gasteiger partial charge in [-0.1, -0.05) is 18.2 Å². The molecule has 0 radical (unpaired) electrons. The average molecular weight is 374 g/mol. The molecule has 0 saturated carbocycles. The largest absolute Gasteiger partial charge is 0.337 e. The van der Waals surface area contributed by atoms with Gasteiger partial charge in [0.25, 0.3) is 5.91 Å². The minimum absolute atomic E-state index is 0.0328.